The van der Waals surface area contributed by atoms with E-state index in [-0.39, 0.29) is 0 Å². The molecule has 2 aromatic carbocycles. The maximum Gasteiger partial charge on any atom is 0.258 e. The van der Waals surface area contributed by atoms with Gasteiger partial charge in [0.25, 0.3) is 10.0 Å². The van der Waals surface area contributed by atoms with Gasteiger partial charge in [-0.1, -0.05) is 24.3 Å². The molecule has 4 rings (SSSR count). The number of rotatable bonds is 4. The van der Waals surface area contributed by atoms with Gasteiger partial charge in [-0.3, -0.25) is 4.72 Å². The van der Waals surface area contributed by atoms with Crippen molar-refractivity contribution in [2.45, 2.75) is 12.8 Å². The van der Waals surface area contributed by atoms with Crippen molar-refractivity contribution in [1.82, 2.24) is 0 Å². The fraction of sp³-hybridized carbons (Fsp3) is 0.300. The maximum atomic E-state index is 12.7. The Morgan fingerprint density at radius 3 is 2.42 bits per heavy atom. The molecule has 0 saturated carbocycles. The first kappa shape index (κ1) is 17.1. The van der Waals surface area contributed by atoms with Crippen molar-refractivity contribution in [2.24, 2.45) is 0 Å². The van der Waals surface area contributed by atoms with Crippen LogP contribution in [0.4, 0.5) is 11.4 Å². The van der Waals surface area contributed by atoms with E-state index in [4.69, 9.17) is 4.74 Å². The van der Waals surface area contributed by atoms with Crippen LogP contribution in [0, 0.1) is 0 Å². The van der Waals surface area contributed by atoms with Gasteiger partial charge in [0, 0.05) is 24.5 Å². The van der Waals surface area contributed by atoms with Crippen molar-refractivity contribution in [2.75, 3.05) is 35.9 Å². The van der Waals surface area contributed by atoms with E-state index in [0.29, 0.717) is 17.0 Å². The van der Waals surface area contributed by atoms with E-state index >= 15 is 0 Å². The van der Waals surface area contributed by atoms with E-state index < -0.39 is 10.0 Å². The number of sulfonamides is 1. The fourth-order valence-corrected chi connectivity index (χ4v) is 4.63. The number of nitrogens with one attached hydrogen (secondary N) is 1. The van der Waals surface area contributed by atoms with Crippen LogP contribution < -0.4 is 9.62 Å². The van der Waals surface area contributed by atoms with Crippen LogP contribution in [0.1, 0.15) is 17.5 Å². The number of ether oxygens (including phenoxy) is 1. The predicted molar refractivity (Wildman–Crippen MR) is 105 cm³/mol. The zero-order valence-electron chi connectivity index (χ0n) is 14.5. The molecule has 1 N–H and O–H groups in total. The third-order valence-electron chi connectivity index (χ3n) is 4.85. The van der Waals surface area contributed by atoms with Crippen LogP contribution in [0.5, 0.6) is 0 Å². The summed E-state index contributed by atoms with van der Waals surface area (Å²) in [6.45, 7) is 3.17. The lowest BCUT2D eigenvalue weighted by atomic mass is 9.98. The number of benzene rings is 2. The highest BCUT2D eigenvalue weighted by Gasteiger charge is 2.22. The molecule has 1 aliphatic heterocycles. The van der Waals surface area contributed by atoms with E-state index in [1.807, 2.05) is 48.5 Å². The summed E-state index contributed by atoms with van der Waals surface area (Å²) in [7, 11) is -3.54. The molecule has 0 amide bonds. The molecule has 6 heteroatoms. The molecule has 2 aromatic rings. The lowest BCUT2D eigenvalue weighted by Crippen LogP contribution is -2.36. The minimum absolute atomic E-state index is 0.438. The molecular formula is C20H22N2O3S. The first-order valence-electron chi connectivity index (χ1n) is 8.86. The molecule has 5 nitrogen and oxygen atoms in total. The Labute approximate surface area is 154 Å². The lowest BCUT2D eigenvalue weighted by molar-refractivity contribution is 0.122. The summed E-state index contributed by atoms with van der Waals surface area (Å²) in [6, 6.07) is 15.5. The molecule has 0 radical (unpaired) electrons. The van der Waals surface area contributed by atoms with Gasteiger partial charge in [-0.15, -0.1) is 0 Å². The minimum Gasteiger partial charge on any atom is -0.378 e. The second-order valence-electron chi connectivity index (χ2n) is 6.56. The van der Waals surface area contributed by atoms with Gasteiger partial charge in [0.2, 0.25) is 0 Å². The van der Waals surface area contributed by atoms with Crippen molar-refractivity contribution < 1.29 is 13.2 Å². The fourth-order valence-electron chi connectivity index (χ4n) is 3.40. The molecule has 1 heterocycles. The molecule has 1 saturated heterocycles. The average molecular weight is 370 g/mol. The number of morpholine rings is 1. The topological polar surface area (TPSA) is 58.6 Å². The molecule has 0 bridgehead atoms. The van der Waals surface area contributed by atoms with Gasteiger partial charge in [0.1, 0.15) is 0 Å². The standard InChI is InChI=1S/C20H22N2O3S/c23-26(24,20-10-5-16-3-1-2-4-17(16)15-20)21-18-6-8-19(9-7-18)22-11-13-25-14-12-22/h1-4,6-9,15,21H,5,10-14H2. The van der Waals surface area contributed by atoms with Gasteiger partial charge in [0.05, 0.1) is 18.1 Å². The second-order valence-corrected chi connectivity index (χ2v) is 8.30. The van der Waals surface area contributed by atoms with Gasteiger partial charge < -0.3 is 9.64 Å². The summed E-state index contributed by atoms with van der Waals surface area (Å²) in [6.07, 6.45) is 3.06. The van der Waals surface area contributed by atoms with E-state index in [9.17, 15) is 8.42 Å². The van der Waals surface area contributed by atoms with Crippen LogP contribution in [0.3, 0.4) is 0 Å². The smallest absolute Gasteiger partial charge is 0.258 e. The van der Waals surface area contributed by atoms with Crippen molar-refractivity contribution in [1.29, 1.82) is 0 Å². The number of aryl methyl sites for hydroxylation is 1. The highest BCUT2D eigenvalue weighted by Crippen LogP contribution is 2.28. The summed E-state index contributed by atoms with van der Waals surface area (Å²) >= 11 is 0. The second kappa shape index (κ2) is 7.13. The number of nitrogens with zero attached hydrogens (tertiary/aromatic N) is 1. The van der Waals surface area contributed by atoms with Crippen LogP contribution >= 0.6 is 0 Å². The summed E-state index contributed by atoms with van der Waals surface area (Å²) in [5, 5.41) is 0. The largest absolute Gasteiger partial charge is 0.378 e. The molecule has 2 aliphatic rings. The highest BCUT2D eigenvalue weighted by atomic mass is 32.2. The van der Waals surface area contributed by atoms with Crippen LogP contribution in [0.25, 0.3) is 6.08 Å². The first-order valence-corrected chi connectivity index (χ1v) is 10.3. The molecule has 26 heavy (non-hydrogen) atoms. The predicted octanol–water partition coefficient (Wildman–Crippen LogP) is 3.25. The van der Waals surface area contributed by atoms with Gasteiger partial charge in [0.15, 0.2) is 0 Å². The quantitative estimate of drug-likeness (QED) is 0.898. The molecule has 0 spiro atoms. The van der Waals surface area contributed by atoms with E-state index in [0.717, 1.165) is 44.0 Å². The van der Waals surface area contributed by atoms with Crippen LogP contribution in [-0.2, 0) is 21.2 Å². The van der Waals surface area contributed by atoms with Crippen molar-refractivity contribution in [3.8, 4) is 0 Å². The Balaban J connectivity index is 1.50. The van der Waals surface area contributed by atoms with E-state index in [2.05, 4.69) is 9.62 Å². The zero-order chi connectivity index (χ0) is 18.0. The molecular weight excluding hydrogens is 348 g/mol. The zero-order valence-corrected chi connectivity index (χ0v) is 15.3. The Kier molecular flexibility index (Phi) is 4.70. The molecule has 0 atom stereocenters. The number of fused-ring (bicyclic) bond motifs is 1. The number of hydrogen-bond acceptors (Lipinski definition) is 4. The molecule has 1 fully saturated rings. The average Bonchev–Trinajstić information content (AvgIpc) is 2.68. The number of hydrogen-bond donors (Lipinski definition) is 1. The van der Waals surface area contributed by atoms with Crippen LogP contribution in [0.2, 0.25) is 0 Å². The minimum atomic E-state index is -3.54. The summed E-state index contributed by atoms with van der Waals surface area (Å²) < 4.78 is 33.6. The molecule has 136 valence electrons. The molecule has 0 aromatic heterocycles. The Hall–Kier alpha value is -2.31. The van der Waals surface area contributed by atoms with Gasteiger partial charge >= 0.3 is 0 Å². The van der Waals surface area contributed by atoms with Crippen LogP contribution in [0.15, 0.2) is 53.4 Å². The van der Waals surface area contributed by atoms with Crippen LogP contribution in [-0.4, -0.2) is 34.7 Å². The van der Waals surface area contributed by atoms with Crippen molar-refractivity contribution >= 4 is 27.5 Å². The monoisotopic (exact) mass is 370 g/mol. The van der Waals surface area contributed by atoms with Crippen molar-refractivity contribution in [3.63, 3.8) is 0 Å². The summed E-state index contributed by atoms with van der Waals surface area (Å²) in [4.78, 5) is 2.68. The highest BCUT2D eigenvalue weighted by molar-refractivity contribution is 7.96. The SMILES string of the molecule is O=S(=O)(Nc1ccc(N2CCOCC2)cc1)C1=Cc2ccccc2CC1. The van der Waals surface area contributed by atoms with Gasteiger partial charge in [-0.25, -0.2) is 8.42 Å². The Morgan fingerprint density at radius 2 is 1.65 bits per heavy atom. The normalized spacial score (nSPS) is 17.4. The molecule has 1 aliphatic carbocycles. The molecule has 0 unspecified atom stereocenters. The van der Waals surface area contributed by atoms with Gasteiger partial charge in [-0.2, -0.15) is 0 Å². The van der Waals surface area contributed by atoms with Gasteiger partial charge in [-0.05, 0) is 54.3 Å². The summed E-state index contributed by atoms with van der Waals surface area (Å²) in [5.74, 6) is 0. The third kappa shape index (κ3) is 3.61. The number of allylic oxidation sites excluding steroid dienone is 1. The lowest BCUT2D eigenvalue weighted by Gasteiger charge is -2.29. The maximum absolute atomic E-state index is 12.7. The number of anilines is 2. The van der Waals surface area contributed by atoms with E-state index in [1.54, 1.807) is 6.08 Å². The Bertz CT molecular complexity index is 914. The Morgan fingerprint density at radius 1 is 0.923 bits per heavy atom. The van der Waals surface area contributed by atoms with Crippen molar-refractivity contribution in [3.05, 3.63) is 64.6 Å². The third-order valence-corrected chi connectivity index (χ3v) is 6.37. The van der Waals surface area contributed by atoms with E-state index in [1.165, 1.54) is 5.56 Å². The summed E-state index contributed by atoms with van der Waals surface area (Å²) in [5.41, 5.74) is 3.85. The first-order chi connectivity index (χ1) is 12.6.